The van der Waals surface area contributed by atoms with E-state index in [-0.39, 0.29) is 29.0 Å². The second-order valence-corrected chi connectivity index (χ2v) is 9.80. The Morgan fingerprint density at radius 2 is 1.67 bits per heavy atom. The Morgan fingerprint density at radius 1 is 1.00 bits per heavy atom. The lowest BCUT2D eigenvalue weighted by Crippen LogP contribution is -2.36. The summed E-state index contributed by atoms with van der Waals surface area (Å²) in [5, 5.41) is 7.70. The summed E-state index contributed by atoms with van der Waals surface area (Å²) in [6.45, 7) is 8.43. The Kier molecular flexibility index (Phi) is 7.71. The van der Waals surface area contributed by atoms with Gasteiger partial charge in [0, 0.05) is 10.4 Å². The number of amides is 2. The van der Waals surface area contributed by atoms with Crippen LogP contribution >= 0.6 is 11.3 Å². The molecule has 1 heterocycles. The molecule has 2 N–H and O–H groups in total. The van der Waals surface area contributed by atoms with Crippen molar-refractivity contribution in [1.29, 1.82) is 0 Å². The Morgan fingerprint density at radius 3 is 2.21 bits per heavy atom. The first-order valence-corrected chi connectivity index (χ1v) is 11.7. The highest BCUT2D eigenvalue weighted by atomic mass is 32.1. The van der Waals surface area contributed by atoms with Crippen molar-refractivity contribution < 1.29 is 14.3 Å². The molecule has 2 amide bonds. The van der Waals surface area contributed by atoms with Gasteiger partial charge in [0.15, 0.2) is 0 Å². The summed E-state index contributed by atoms with van der Waals surface area (Å²) in [6.07, 6.45) is 1.69. The van der Waals surface area contributed by atoms with Crippen molar-refractivity contribution in [1.82, 2.24) is 10.6 Å². The Hall–Kier alpha value is -3.38. The van der Waals surface area contributed by atoms with Crippen molar-refractivity contribution in [3.63, 3.8) is 0 Å². The number of carbonyl (C=O) groups excluding carboxylic acids is 2. The molecule has 33 heavy (non-hydrogen) atoms. The third kappa shape index (κ3) is 6.56. The fourth-order valence-electron chi connectivity index (χ4n) is 3.24. The van der Waals surface area contributed by atoms with Gasteiger partial charge in [-0.25, -0.2) is 0 Å². The largest absolute Gasteiger partial charge is 0.497 e. The van der Waals surface area contributed by atoms with Crippen molar-refractivity contribution in [3.8, 4) is 5.75 Å². The molecule has 3 rings (SSSR count). The third-order valence-electron chi connectivity index (χ3n) is 5.30. The molecule has 6 heteroatoms. The lowest BCUT2D eigenvalue weighted by Gasteiger charge is -2.21. The van der Waals surface area contributed by atoms with E-state index < -0.39 is 0 Å². The van der Waals surface area contributed by atoms with Crippen LogP contribution in [0.1, 0.15) is 60.1 Å². The van der Waals surface area contributed by atoms with E-state index in [1.165, 1.54) is 16.9 Å². The average Bonchev–Trinajstić information content (AvgIpc) is 3.31. The first-order valence-electron chi connectivity index (χ1n) is 10.8. The summed E-state index contributed by atoms with van der Waals surface area (Å²) in [5.74, 6) is -0.0552. The van der Waals surface area contributed by atoms with Gasteiger partial charge >= 0.3 is 0 Å². The van der Waals surface area contributed by atoms with E-state index >= 15 is 0 Å². The first-order chi connectivity index (χ1) is 15.7. The number of hydrogen-bond donors (Lipinski definition) is 2. The van der Waals surface area contributed by atoms with Gasteiger partial charge in [0.05, 0.1) is 13.2 Å². The van der Waals surface area contributed by atoms with Crippen LogP contribution in [0.25, 0.3) is 6.08 Å². The van der Waals surface area contributed by atoms with Crippen molar-refractivity contribution in [3.05, 3.63) is 93.3 Å². The molecule has 5 nitrogen and oxygen atoms in total. The standard InChI is InChI=1S/C27H30N2O3S/c1-18(19-8-12-21(13-9-19)27(2,3)4)28-26(31)24(17-23-7-6-16-33-23)29-25(30)20-10-14-22(32-5)15-11-20/h6-18H,1-5H3,(H,28,31)(H,29,30)/b24-17-/t18-/m1/s1. The average molecular weight is 463 g/mol. The summed E-state index contributed by atoms with van der Waals surface area (Å²) >= 11 is 1.49. The van der Waals surface area contributed by atoms with Gasteiger partial charge in [0.25, 0.3) is 11.8 Å². The number of benzene rings is 2. The second-order valence-electron chi connectivity index (χ2n) is 8.82. The van der Waals surface area contributed by atoms with Gasteiger partial charge < -0.3 is 15.4 Å². The van der Waals surface area contributed by atoms with E-state index in [1.807, 2.05) is 36.6 Å². The second kappa shape index (κ2) is 10.5. The van der Waals surface area contributed by atoms with Gasteiger partial charge in [-0.3, -0.25) is 9.59 Å². The molecule has 0 radical (unpaired) electrons. The highest BCUT2D eigenvalue weighted by Gasteiger charge is 2.19. The van der Waals surface area contributed by atoms with Crippen LogP contribution in [0.4, 0.5) is 0 Å². The quantitative estimate of drug-likeness (QED) is 0.443. The fraction of sp³-hybridized carbons (Fsp3) is 0.259. The Labute approximate surface area is 199 Å². The number of nitrogens with one attached hydrogen (secondary N) is 2. The molecule has 1 atom stereocenters. The molecule has 0 fully saturated rings. The maximum Gasteiger partial charge on any atom is 0.268 e. The smallest absolute Gasteiger partial charge is 0.268 e. The number of hydrogen-bond acceptors (Lipinski definition) is 4. The number of carbonyl (C=O) groups is 2. The van der Waals surface area contributed by atoms with E-state index in [9.17, 15) is 9.59 Å². The van der Waals surface area contributed by atoms with Crippen LogP contribution in [0, 0.1) is 0 Å². The minimum atomic E-state index is -0.363. The van der Waals surface area contributed by atoms with Crippen LogP contribution in [0.3, 0.4) is 0 Å². The Bertz CT molecular complexity index is 1110. The predicted molar refractivity (Wildman–Crippen MR) is 134 cm³/mol. The van der Waals surface area contributed by atoms with Crippen molar-refractivity contribution in [2.45, 2.75) is 39.2 Å². The molecule has 3 aromatic rings. The van der Waals surface area contributed by atoms with E-state index in [0.717, 1.165) is 10.4 Å². The minimum absolute atomic E-state index is 0.0629. The molecule has 1 aromatic heterocycles. The van der Waals surface area contributed by atoms with E-state index in [4.69, 9.17) is 4.74 Å². The number of rotatable bonds is 7. The van der Waals surface area contributed by atoms with E-state index in [2.05, 4.69) is 43.5 Å². The molecule has 0 spiro atoms. The lowest BCUT2D eigenvalue weighted by molar-refractivity contribution is -0.118. The summed E-state index contributed by atoms with van der Waals surface area (Å²) in [6, 6.07) is 18.6. The monoisotopic (exact) mass is 462 g/mol. The highest BCUT2D eigenvalue weighted by molar-refractivity contribution is 7.10. The van der Waals surface area contributed by atoms with Crippen molar-refractivity contribution in [2.24, 2.45) is 0 Å². The zero-order chi connectivity index (χ0) is 24.0. The van der Waals surface area contributed by atoms with Crippen LogP contribution < -0.4 is 15.4 Å². The Balaban J connectivity index is 1.77. The zero-order valence-electron chi connectivity index (χ0n) is 19.6. The summed E-state index contributed by atoms with van der Waals surface area (Å²) in [7, 11) is 1.57. The molecule has 0 aliphatic carbocycles. The predicted octanol–water partition coefficient (Wildman–Crippen LogP) is 5.70. The molecule has 0 saturated heterocycles. The van der Waals surface area contributed by atoms with Crippen molar-refractivity contribution in [2.75, 3.05) is 7.11 Å². The topological polar surface area (TPSA) is 67.4 Å². The molecular formula is C27H30N2O3S. The van der Waals surface area contributed by atoms with Crippen LogP contribution in [-0.2, 0) is 10.2 Å². The van der Waals surface area contributed by atoms with E-state index in [0.29, 0.717) is 11.3 Å². The molecule has 0 unspecified atom stereocenters. The van der Waals surface area contributed by atoms with Gasteiger partial charge in [0.1, 0.15) is 11.4 Å². The van der Waals surface area contributed by atoms with Crippen molar-refractivity contribution >= 4 is 29.2 Å². The van der Waals surface area contributed by atoms with Gasteiger partial charge in [-0.1, -0.05) is 51.1 Å². The molecule has 0 bridgehead atoms. The molecular weight excluding hydrogens is 432 g/mol. The first kappa shape index (κ1) is 24.3. The number of methoxy groups -OCH3 is 1. The number of thiophene rings is 1. The van der Waals surface area contributed by atoms with Gasteiger partial charge in [-0.15, -0.1) is 11.3 Å². The molecule has 0 saturated carbocycles. The number of ether oxygens (including phenoxy) is 1. The third-order valence-corrected chi connectivity index (χ3v) is 6.12. The normalized spacial score (nSPS) is 12.7. The summed E-state index contributed by atoms with van der Waals surface area (Å²) in [5.41, 5.74) is 2.92. The molecule has 0 aliphatic rings. The molecule has 2 aromatic carbocycles. The maximum absolute atomic E-state index is 13.1. The zero-order valence-corrected chi connectivity index (χ0v) is 20.5. The van der Waals surface area contributed by atoms with Gasteiger partial charge in [-0.05, 0) is 65.3 Å². The van der Waals surface area contributed by atoms with Crippen LogP contribution in [-0.4, -0.2) is 18.9 Å². The van der Waals surface area contributed by atoms with Crippen LogP contribution in [0.2, 0.25) is 0 Å². The van der Waals surface area contributed by atoms with Gasteiger partial charge in [-0.2, -0.15) is 0 Å². The SMILES string of the molecule is COc1ccc(C(=O)N/C(=C\c2cccs2)C(=O)N[C@H](C)c2ccc(C(C)(C)C)cc2)cc1. The van der Waals surface area contributed by atoms with Gasteiger partial charge in [0.2, 0.25) is 0 Å². The highest BCUT2D eigenvalue weighted by Crippen LogP contribution is 2.24. The molecule has 0 aliphatic heterocycles. The minimum Gasteiger partial charge on any atom is -0.497 e. The lowest BCUT2D eigenvalue weighted by atomic mass is 9.86. The summed E-state index contributed by atoms with van der Waals surface area (Å²) in [4.78, 5) is 26.8. The van der Waals surface area contributed by atoms with Crippen LogP contribution in [0.15, 0.2) is 71.7 Å². The fourth-order valence-corrected chi connectivity index (χ4v) is 3.90. The maximum atomic E-state index is 13.1. The summed E-state index contributed by atoms with van der Waals surface area (Å²) < 4.78 is 5.14. The molecule has 172 valence electrons. The van der Waals surface area contributed by atoms with E-state index in [1.54, 1.807) is 37.5 Å². The van der Waals surface area contributed by atoms with Crippen LogP contribution in [0.5, 0.6) is 5.75 Å².